The smallest absolute Gasteiger partial charge is 0.230 e. The Balaban J connectivity index is 2.30. The lowest BCUT2D eigenvalue weighted by molar-refractivity contribution is -0.141. The molecule has 2 nitrogen and oxygen atoms in total. The third-order valence-corrected chi connectivity index (χ3v) is 5.53. The van der Waals surface area contributed by atoms with Gasteiger partial charge in [-0.1, -0.05) is 50.4 Å². The molecule has 0 amide bonds. The minimum absolute atomic E-state index is 0.408. The summed E-state index contributed by atoms with van der Waals surface area (Å²) < 4.78 is 41.5. The average molecular weight is 413 g/mol. The number of hydrogen-bond donors (Lipinski definition) is 0. The topological polar surface area (TPSA) is 17.8 Å². The van der Waals surface area contributed by atoms with Crippen molar-refractivity contribution in [3.8, 4) is 16.3 Å². The largest absolute Gasteiger partial charge is 0.435 e. The zero-order valence-corrected chi connectivity index (χ0v) is 16.7. The first-order valence-corrected chi connectivity index (χ1v) is 10.1. The Morgan fingerprint density at radius 1 is 1.11 bits per heavy atom. The van der Waals surface area contributed by atoms with Crippen LogP contribution in [-0.2, 0) is 19.0 Å². The third kappa shape index (κ3) is 4.06. The van der Waals surface area contributed by atoms with E-state index < -0.39 is 11.9 Å². The lowest BCUT2D eigenvalue weighted by Gasteiger charge is -2.17. The molecule has 0 aliphatic rings. The van der Waals surface area contributed by atoms with Crippen molar-refractivity contribution in [2.75, 3.05) is 0 Å². The maximum absolute atomic E-state index is 13.4. The summed E-state index contributed by atoms with van der Waals surface area (Å²) in [5, 5.41) is 6.17. The van der Waals surface area contributed by atoms with Gasteiger partial charge >= 0.3 is 6.18 Å². The number of rotatable bonds is 6. The van der Waals surface area contributed by atoms with Gasteiger partial charge in [0.2, 0.25) is 0 Å². The molecule has 3 rings (SSSR count). The van der Waals surface area contributed by atoms with Crippen LogP contribution in [0.5, 0.6) is 0 Å². The van der Waals surface area contributed by atoms with E-state index in [9.17, 15) is 13.2 Å². The van der Waals surface area contributed by atoms with Crippen LogP contribution in [0.25, 0.3) is 16.3 Å². The Bertz CT molecular complexity index is 914. The van der Waals surface area contributed by atoms with E-state index in [2.05, 4.69) is 12.0 Å². The van der Waals surface area contributed by atoms with E-state index in [1.165, 1.54) is 16.0 Å². The van der Waals surface area contributed by atoms with Crippen molar-refractivity contribution in [1.29, 1.82) is 0 Å². The molecule has 0 aliphatic carbocycles. The predicted octanol–water partition coefficient (Wildman–Crippen LogP) is 7.18. The Labute approximate surface area is 165 Å². The Kier molecular flexibility index (Phi) is 5.96. The molecule has 2 heterocycles. The summed E-state index contributed by atoms with van der Waals surface area (Å²) in [5.74, 6) is 0. The minimum Gasteiger partial charge on any atom is -0.230 e. The molecule has 0 bridgehead atoms. The highest BCUT2D eigenvalue weighted by Gasteiger charge is 2.36. The van der Waals surface area contributed by atoms with Crippen molar-refractivity contribution >= 4 is 22.9 Å². The maximum atomic E-state index is 13.4. The van der Waals surface area contributed by atoms with E-state index in [1.54, 1.807) is 12.1 Å². The van der Waals surface area contributed by atoms with Crippen molar-refractivity contribution in [3.05, 3.63) is 57.6 Å². The quantitative estimate of drug-likeness (QED) is 0.419. The van der Waals surface area contributed by atoms with Crippen LogP contribution >= 0.6 is 22.9 Å². The van der Waals surface area contributed by atoms with E-state index in [1.807, 2.05) is 24.4 Å². The van der Waals surface area contributed by atoms with Gasteiger partial charge in [-0.15, -0.1) is 11.3 Å². The normalized spacial score (nSPS) is 11.9. The van der Waals surface area contributed by atoms with E-state index in [4.69, 9.17) is 11.6 Å². The molecular formula is C20H20ClF3N2S. The lowest BCUT2D eigenvalue weighted by atomic mass is 9.97. The summed E-state index contributed by atoms with van der Waals surface area (Å²) in [6, 6.07) is 8.44. The molecule has 3 aromatic rings. The fourth-order valence-electron chi connectivity index (χ4n) is 3.20. The standard InChI is InChI=1S/C20H20ClF3N2S/c1-3-6-13-9-10-15(21)19(14(13)7-4-2)26-16(17-8-5-11-27-17)12-18(25-26)20(22,23)24/h5,8-12H,3-4,6-7H2,1-2H3. The second kappa shape index (κ2) is 8.07. The molecule has 0 fully saturated rings. The molecule has 0 saturated carbocycles. The first-order chi connectivity index (χ1) is 12.9. The summed E-state index contributed by atoms with van der Waals surface area (Å²) in [7, 11) is 0. The van der Waals surface area contributed by atoms with Gasteiger partial charge in [0, 0.05) is 0 Å². The Morgan fingerprint density at radius 2 is 1.85 bits per heavy atom. The van der Waals surface area contributed by atoms with Gasteiger partial charge in [0.25, 0.3) is 0 Å². The molecule has 2 aromatic heterocycles. The van der Waals surface area contributed by atoms with Crippen molar-refractivity contribution in [3.63, 3.8) is 0 Å². The summed E-state index contributed by atoms with van der Waals surface area (Å²) in [5.41, 5.74) is 2.14. The van der Waals surface area contributed by atoms with Gasteiger partial charge in [-0.25, -0.2) is 4.68 Å². The zero-order valence-electron chi connectivity index (χ0n) is 15.1. The molecular weight excluding hydrogens is 393 g/mol. The highest BCUT2D eigenvalue weighted by Crippen LogP contribution is 2.38. The zero-order chi connectivity index (χ0) is 19.6. The molecule has 0 saturated heterocycles. The number of aryl methyl sites for hydroxylation is 1. The van der Waals surface area contributed by atoms with Gasteiger partial charge in [0.05, 0.1) is 21.3 Å². The number of hydrogen-bond acceptors (Lipinski definition) is 2. The van der Waals surface area contributed by atoms with E-state index in [-0.39, 0.29) is 0 Å². The molecule has 0 aliphatic heterocycles. The second-order valence-corrected chi connectivity index (χ2v) is 7.69. The first kappa shape index (κ1) is 20.0. The summed E-state index contributed by atoms with van der Waals surface area (Å²) in [4.78, 5) is 0.720. The van der Waals surface area contributed by atoms with Crippen LogP contribution in [0.15, 0.2) is 35.7 Å². The van der Waals surface area contributed by atoms with E-state index in [0.29, 0.717) is 16.4 Å². The molecule has 0 N–H and O–H groups in total. The SMILES string of the molecule is CCCc1ccc(Cl)c(-n2nc(C(F)(F)F)cc2-c2cccs2)c1CCC. The Morgan fingerprint density at radius 3 is 2.44 bits per heavy atom. The fraction of sp³-hybridized carbons (Fsp3) is 0.350. The van der Waals surface area contributed by atoms with Gasteiger partial charge in [-0.2, -0.15) is 18.3 Å². The van der Waals surface area contributed by atoms with Crippen LogP contribution in [-0.4, -0.2) is 9.78 Å². The molecule has 1 aromatic carbocycles. The molecule has 7 heteroatoms. The van der Waals surface area contributed by atoms with Gasteiger partial charge in [-0.05, 0) is 47.5 Å². The molecule has 27 heavy (non-hydrogen) atoms. The minimum atomic E-state index is -4.52. The number of alkyl halides is 3. The van der Waals surface area contributed by atoms with Crippen LogP contribution in [0.3, 0.4) is 0 Å². The van der Waals surface area contributed by atoms with Gasteiger partial charge in [0.1, 0.15) is 0 Å². The Hall–Kier alpha value is -1.79. The highest BCUT2D eigenvalue weighted by atomic mass is 35.5. The number of thiophene rings is 1. The van der Waals surface area contributed by atoms with Crippen LogP contribution in [0, 0.1) is 0 Å². The summed E-state index contributed by atoms with van der Waals surface area (Å²) in [6.07, 6.45) is -1.12. The van der Waals surface area contributed by atoms with Crippen LogP contribution in [0.2, 0.25) is 5.02 Å². The summed E-state index contributed by atoms with van der Waals surface area (Å²) >= 11 is 7.87. The number of nitrogens with zero attached hydrogens (tertiary/aromatic N) is 2. The van der Waals surface area contributed by atoms with Gasteiger partial charge < -0.3 is 0 Å². The maximum Gasteiger partial charge on any atom is 0.435 e. The second-order valence-electron chi connectivity index (χ2n) is 6.34. The predicted molar refractivity (Wildman–Crippen MR) is 105 cm³/mol. The highest BCUT2D eigenvalue weighted by molar-refractivity contribution is 7.13. The third-order valence-electron chi connectivity index (χ3n) is 4.34. The molecule has 0 radical (unpaired) electrons. The van der Waals surface area contributed by atoms with E-state index >= 15 is 0 Å². The van der Waals surface area contributed by atoms with Crippen LogP contribution in [0.1, 0.15) is 43.5 Å². The molecule has 144 valence electrons. The number of benzene rings is 1. The van der Waals surface area contributed by atoms with Gasteiger partial charge in [-0.3, -0.25) is 0 Å². The number of aromatic nitrogens is 2. The average Bonchev–Trinajstić information content (AvgIpc) is 3.26. The van der Waals surface area contributed by atoms with Gasteiger partial charge in [0.15, 0.2) is 5.69 Å². The monoisotopic (exact) mass is 412 g/mol. The van der Waals surface area contributed by atoms with Crippen molar-refractivity contribution in [2.45, 2.75) is 45.7 Å². The first-order valence-electron chi connectivity index (χ1n) is 8.88. The van der Waals surface area contributed by atoms with Crippen molar-refractivity contribution in [2.24, 2.45) is 0 Å². The molecule has 0 spiro atoms. The van der Waals surface area contributed by atoms with Crippen LogP contribution in [0.4, 0.5) is 13.2 Å². The van der Waals surface area contributed by atoms with Crippen molar-refractivity contribution in [1.82, 2.24) is 9.78 Å². The summed E-state index contributed by atoms with van der Waals surface area (Å²) in [6.45, 7) is 4.13. The van der Waals surface area contributed by atoms with Crippen LogP contribution < -0.4 is 0 Å². The van der Waals surface area contributed by atoms with E-state index in [0.717, 1.165) is 47.8 Å². The molecule has 0 unspecified atom stereocenters. The lowest BCUT2D eigenvalue weighted by Crippen LogP contribution is -2.10. The molecule has 0 atom stereocenters. The number of halogens is 4. The fourth-order valence-corrected chi connectivity index (χ4v) is 4.19. The van der Waals surface area contributed by atoms with Crippen molar-refractivity contribution < 1.29 is 13.2 Å².